The highest BCUT2D eigenvalue weighted by Crippen LogP contribution is 2.31. The quantitative estimate of drug-likeness (QED) is 0.822. The molecular formula is C17H24N4O3. The molecule has 1 unspecified atom stereocenters. The van der Waals surface area contributed by atoms with Crippen molar-refractivity contribution in [3.8, 4) is 5.88 Å². The fraction of sp³-hybridized carbons (Fsp3) is 0.706. The van der Waals surface area contributed by atoms with Crippen LogP contribution in [-0.4, -0.2) is 66.3 Å². The summed E-state index contributed by atoms with van der Waals surface area (Å²) < 4.78 is 11.5. The number of aromatic nitrogens is 2. The van der Waals surface area contributed by atoms with Gasteiger partial charge in [-0.15, -0.1) is 0 Å². The molecule has 1 amide bonds. The van der Waals surface area contributed by atoms with Gasteiger partial charge in [0.2, 0.25) is 5.91 Å². The Morgan fingerprint density at radius 1 is 1.12 bits per heavy atom. The summed E-state index contributed by atoms with van der Waals surface area (Å²) >= 11 is 0. The summed E-state index contributed by atoms with van der Waals surface area (Å²) in [6, 6.07) is 0. The molecule has 1 atom stereocenters. The lowest BCUT2D eigenvalue weighted by Crippen LogP contribution is -2.39. The molecule has 1 saturated carbocycles. The number of carbonyl (C=O) groups is 1. The van der Waals surface area contributed by atoms with Gasteiger partial charge in [-0.05, 0) is 12.8 Å². The van der Waals surface area contributed by atoms with Gasteiger partial charge in [0.05, 0.1) is 19.8 Å². The van der Waals surface area contributed by atoms with Crippen LogP contribution in [0, 0.1) is 5.92 Å². The fourth-order valence-electron chi connectivity index (χ4n) is 3.49. The van der Waals surface area contributed by atoms with Gasteiger partial charge in [0.25, 0.3) is 5.88 Å². The van der Waals surface area contributed by atoms with Crippen LogP contribution in [0.25, 0.3) is 0 Å². The number of ether oxygens (including phenoxy) is 2. The first-order valence-electron chi connectivity index (χ1n) is 8.90. The Labute approximate surface area is 142 Å². The van der Waals surface area contributed by atoms with Crippen molar-refractivity contribution in [3.05, 3.63) is 12.4 Å². The lowest BCUT2D eigenvalue weighted by atomic mass is 9.84. The highest BCUT2D eigenvalue weighted by molar-refractivity contribution is 5.79. The minimum Gasteiger partial charge on any atom is -0.470 e. The van der Waals surface area contributed by atoms with Gasteiger partial charge in [-0.3, -0.25) is 4.79 Å². The van der Waals surface area contributed by atoms with Crippen LogP contribution < -0.4 is 9.64 Å². The number of anilines is 1. The van der Waals surface area contributed by atoms with E-state index < -0.39 is 0 Å². The maximum absolute atomic E-state index is 12.4. The number of rotatable bonds is 4. The summed E-state index contributed by atoms with van der Waals surface area (Å²) in [5.74, 6) is 1.91. The van der Waals surface area contributed by atoms with Gasteiger partial charge in [-0.25, -0.2) is 9.97 Å². The maximum atomic E-state index is 12.4. The van der Waals surface area contributed by atoms with Crippen molar-refractivity contribution in [3.63, 3.8) is 0 Å². The molecule has 7 nitrogen and oxygen atoms in total. The molecular weight excluding hydrogens is 308 g/mol. The minimum atomic E-state index is 0.00511. The molecule has 7 heteroatoms. The summed E-state index contributed by atoms with van der Waals surface area (Å²) in [6.07, 6.45) is 7.50. The largest absolute Gasteiger partial charge is 0.470 e. The van der Waals surface area contributed by atoms with Gasteiger partial charge in [0.1, 0.15) is 6.10 Å². The lowest BCUT2D eigenvalue weighted by molar-refractivity contribution is -0.137. The van der Waals surface area contributed by atoms with Crippen LogP contribution in [0.5, 0.6) is 5.88 Å². The molecule has 130 valence electrons. The Balaban J connectivity index is 1.39. The molecule has 0 aromatic carbocycles. The summed E-state index contributed by atoms with van der Waals surface area (Å²) in [5, 5.41) is 0. The van der Waals surface area contributed by atoms with E-state index in [1.807, 2.05) is 4.90 Å². The molecule has 1 aromatic rings. The molecule has 0 radical (unpaired) electrons. The van der Waals surface area contributed by atoms with Crippen molar-refractivity contribution in [2.24, 2.45) is 5.92 Å². The Hall–Kier alpha value is -1.89. The third-order valence-corrected chi connectivity index (χ3v) is 5.15. The van der Waals surface area contributed by atoms with E-state index >= 15 is 0 Å². The first-order valence-corrected chi connectivity index (χ1v) is 8.90. The second kappa shape index (κ2) is 6.93. The van der Waals surface area contributed by atoms with Gasteiger partial charge < -0.3 is 19.3 Å². The average Bonchev–Trinajstić information content (AvgIpc) is 3.03. The van der Waals surface area contributed by atoms with Gasteiger partial charge in [-0.1, -0.05) is 6.42 Å². The van der Waals surface area contributed by atoms with Crippen LogP contribution in [0.4, 0.5) is 5.82 Å². The lowest BCUT2D eigenvalue weighted by Gasteiger charge is -2.30. The number of nitrogens with zero attached hydrogens (tertiary/aromatic N) is 4. The summed E-state index contributed by atoms with van der Waals surface area (Å²) in [7, 11) is 0. The predicted molar refractivity (Wildman–Crippen MR) is 88.0 cm³/mol. The Morgan fingerprint density at radius 3 is 2.67 bits per heavy atom. The van der Waals surface area contributed by atoms with Crippen LogP contribution in [0.1, 0.15) is 25.7 Å². The highest BCUT2D eigenvalue weighted by Gasteiger charge is 2.35. The van der Waals surface area contributed by atoms with Crippen LogP contribution >= 0.6 is 0 Å². The smallest absolute Gasteiger partial charge is 0.257 e. The van der Waals surface area contributed by atoms with Gasteiger partial charge in [0.15, 0.2) is 5.82 Å². The molecule has 0 spiro atoms. The topological polar surface area (TPSA) is 67.8 Å². The first-order chi connectivity index (χ1) is 11.8. The summed E-state index contributed by atoms with van der Waals surface area (Å²) in [6.45, 7) is 4.44. The van der Waals surface area contributed by atoms with Gasteiger partial charge in [-0.2, -0.15) is 0 Å². The number of hydrogen-bond donors (Lipinski definition) is 0. The van der Waals surface area contributed by atoms with Crippen LogP contribution in [-0.2, 0) is 9.53 Å². The molecule has 1 aliphatic carbocycles. The standard InChI is InChI=1S/C17H24N4O3/c22-17(13-2-1-3-13)21-7-4-14(12-21)24-16-15(18-5-6-19-16)20-8-10-23-11-9-20/h5-6,13-14H,1-4,7-12H2. The molecule has 3 heterocycles. The molecule has 0 bridgehead atoms. The zero-order chi connectivity index (χ0) is 16.4. The van der Waals surface area contributed by atoms with Crippen LogP contribution in [0.3, 0.4) is 0 Å². The molecule has 2 saturated heterocycles. The van der Waals surface area contributed by atoms with Crippen molar-refractivity contribution >= 4 is 11.7 Å². The average molecular weight is 332 g/mol. The molecule has 3 fully saturated rings. The van der Waals surface area contributed by atoms with Crippen molar-refractivity contribution < 1.29 is 14.3 Å². The third-order valence-electron chi connectivity index (χ3n) is 5.15. The van der Waals surface area contributed by atoms with E-state index in [1.165, 1.54) is 6.42 Å². The van der Waals surface area contributed by atoms with E-state index in [4.69, 9.17) is 9.47 Å². The van der Waals surface area contributed by atoms with Gasteiger partial charge >= 0.3 is 0 Å². The zero-order valence-electron chi connectivity index (χ0n) is 13.9. The van der Waals surface area contributed by atoms with Gasteiger partial charge in [0, 0.05) is 44.4 Å². The number of morpholine rings is 1. The number of amides is 1. The third kappa shape index (κ3) is 3.17. The molecule has 24 heavy (non-hydrogen) atoms. The summed E-state index contributed by atoms with van der Waals surface area (Å²) in [5.41, 5.74) is 0. The number of hydrogen-bond acceptors (Lipinski definition) is 6. The van der Waals surface area contributed by atoms with E-state index in [-0.39, 0.29) is 12.0 Å². The molecule has 3 aliphatic rings. The molecule has 2 aliphatic heterocycles. The number of likely N-dealkylation sites (tertiary alicyclic amines) is 1. The van der Waals surface area contributed by atoms with Crippen LogP contribution in [0.2, 0.25) is 0 Å². The van der Waals surface area contributed by atoms with Crippen molar-refractivity contribution in [2.75, 3.05) is 44.3 Å². The molecule has 1 aromatic heterocycles. The monoisotopic (exact) mass is 332 g/mol. The summed E-state index contributed by atoms with van der Waals surface area (Å²) in [4.78, 5) is 25.3. The Bertz CT molecular complexity index is 587. The van der Waals surface area contributed by atoms with E-state index in [2.05, 4.69) is 14.9 Å². The normalized spacial score (nSPS) is 24.8. The van der Waals surface area contributed by atoms with E-state index in [1.54, 1.807) is 12.4 Å². The number of carbonyl (C=O) groups excluding carboxylic acids is 1. The van der Waals surface area contributed by atoms with Crippen molar-refractivity contribution in [2.45, 2.75) is 31.8 Å². The zero-order valence-corrected chi connectivity index (χ0v) is 13.9. The molecule has 0 N–H and O–H groups in total. The molecule has 4 rings (SSSR count). The highest BCUT2D eigenvalue weighted by atomic mass is 16.5. The van der Waals surface area contributed by atoms with Crippen molar-refractivity contribution in [1.29, 1.82) is 0 Å². The predicted octanol–water partition coefficient (Wildman–Crippen LogP) is 1.09. The fourth-order valence-corrected chi connectivity index (χ4v) is 3.49. The van der Waals surface area contributed by atoms with E-state index in [9.17, 15) is 4.79 Å². The van der Waals surface area contributed by atoms with Crippen molar-refractivity contribution in [1.82, 2.24) is 14.9 Å². The second-order valence-corrected chi connectivity index (χ2v) is 6.73. The van der Waals surface area contributed by atoms with Crippen LogP contribution in [0.15, 0.2) is 12.4 Å². The minimum absolute atomic E-state index is 0.00511. The maximum Gasteiger partial charge on any atom is 0.257 e. The Morgan fingerprint density at radius 2 is 1.92 bits per heavy atom. The van der Waals surface area contributed by atoms with E-state index in [0.29, 0.717) is 31.5 Å². The Kier molecular flexibility index (Phi) is 4.51. The SMILES string of the molecule is O=C(C1CCC1)N1CCC(Oc2nccnc2N2CCOCC2)C1. The first kappa shape index (κ1) is 15.6. The van der Waals surface area contributed by atoms with E-state index in [0.717, 1.165) is 44.7 Å². The second-order valence-electron chi connectivity index (χ2n) is 6.73.